The summed E-state index contributed by atoms with van der Waals surface area (Å²) in [6, 6.07) is 0. The minimum absolute atomic E-state index is 0.0528. The van der Waals surface area contributed by atoms with Gasteiger partial charge in [0, 0.05) is 13.2 Å². The van der Waals surface area contributed by atoms with Crippen molar-refractivity contribution in [2.45, 2.75) is 58.2 Å². The van der Waals surface area contributed by atoms with Gasteiger partial charge in [0.25, 0.3) is 0 Å². The van der Waals surface area contributed by atoms with E-state index in [2.05, 4.69) is 11.8 Å². The number of hydrogen-bond acceptors (Lipinski definition) is 4. The summed E-state index contributed by atoms with van der Waals surface area (Å²) in [4.78, 5) is 2.46. The summed E-state index contributed by atoms with van der Waals surface area (Å²) < 4.78 is 11.3. The van der Waals surface area contributed by atoms with Gasteiger partial charge < -0.3 is 20.1 Å². The van der Waals surface area contributed by atoms with Crippen LogP contribution in [-0.4, -0.2) is 50.6 Å². The average molecular weight is 272 g/mol. The van der Waals surface area contributed by atoms with Crippen molar-refractivity contribution < 1.29 is 9.47 Å². The molecule has 0 aromatic carbocycles. The average Bonchev–Trinajstić information content (AvgIpc) is 2.46. The van der Waals surface area contributed by atoms with Crippen LogP contribution < -0.4 is 5.73 Å². The lowest BCUT2D eigenvalue weighted by Crippen LogP contribution is -2.31. The Kier molecular flexibility index (Phi) is 10.4. The summed E-state index contributed by atoms with van der Waals surface area (Å²) in [5.74, 6) is 0. The van der Waals surface area contributed by atoms with Crippen LogP contribution in [0.1, 0.15) is 51.9 Å². The first kappa shape index (κ1) is 16.9. The van der Waals surface area contributed by atoms with Gasteiger partial charge in [0.05, 0.1) is 6.61 Å². The first-order valence-electron chi connectivity index (χ1n) is 8.02. The number of unbranched alkanes of at least 4 members (excludes halogenated alkanes) is 3. The van der Waals surface area contributed by atoms with Crippen molar-refractivity contribution >= 4 is 0 Å². The number of nitrogens with two attached hydrogens (primary N) is 1. The van der Waals surface area contributed by atoms with Crippen LogP contribution >= 0.6 is 0 Å². The summed E-state index contributed by atoms with van der Waals surface area (Å²) in [5, 5.41) is 0. The molecule has 1 saturated heterocycles. The van der Waals surface area contributed by atoms with E-state index in [4.69, 9.17) is 15.2 Å². The van der Waals surface area contributed by atoms with Crippen molar-refractivity contribution in [3.05, 3.63) is 0 Å². The van der Waals surface area contributed by atoms with Crippen LogP contribution in [0.25, 0.3) is 0 Å². The van der Waals surface area contributed by atoms with Gasteiger partial charge in [0.2, 0.25) is 0 Å². The zero-order valence-electron chi connectivity index (χ0n) is 12.6. The third-order valence-corrected chi connectivity index (χ3v) is 3.72. The third-order valence-electron chi connectivity index (χ3n) is 3.72. The Morgan fingerprint density at radius 2 is 2.00 bits per heavy atom. The van der Waals surface area contributed by atoms with Crippen LogP contribution in [0.5, 0.6) is 0 Å². The minimum atomic E-state index is 0.0528. The first-order valence-corrected chi connectivity index (χ1v) is 8.02. The van der Waals surface area contributed by atoms with Gasteiger partial charge in [-0.15, -0.1) is 0 Å². The molecule has 114 valence electrons. The van der Waals surface area contributed by atoms with Crippen LogP contribution in [-0.2, 0) is 9.47 Å². The van der Waals surface area contributed by atoms with Crippen molar-refractivity contribution in [3.8, 4) is 0 Å². The van der Waals surface area contributed by atoms with E-state index in [1.165, 1.54) is 38.6 Å². The van der Waals surface area contributed by atoms with Crippen LogP contribution in [0.2, 0.25) is 0 Å². The SMILES string of the molecule is CCN(CCCCCCN)CCOC1CCCCO1. The Morgan fingerprint density at radius 3 is 2.68 bits per heavy atom. The second kappa shape index (κ2) is 11.6. The molecular formula is C15H32N2O2. The van der Waals surface area contributed by atoms with Gasteiger partial charge in [0.15, 0.2) is 6.29 Å². The number of likely N-dealkylation sites (N-methyl/N-ethyl adjacent to an activating group) is 1. The molecule has 0 spiro atoms. The molecule has 4 nitrogen and oxygen atoms in total. The van der Waals surface area contributed by atoms with E-state index < -0.39 is 0 Å². The fraction of sp³-hybridized carbons (Fsp3) is 1.00. The van der Waals surface area contributed by atoms with E-state index >= 15 is 0 Å². The Bertz CT molecular complexity index is 197. The van der Waals surface area contributed by atoms with Crippen molar-refractivity contribution in [2.24, 2.45) is 5.73 Å². The molecule has 1 aliphatic rings. The zero-order valence-corrected chi connectivity index (χ0v) is 12.6. The van der Waals surface area contributed by atoms with Gasteiger partial charge in [-0.1, -0.05) is 19.8 Å². The van der Waals surface area contributed by atoms with Crippen LogP contribution in [0.4, 0.5) is 0 Å². The topological polar surface area (TPSA) is 47.7 Å². The van der Waals surface area contributed by atoms with E-state index in [0.29, 0.717) is 0 Å². The van der Waals surface area contributed by atoms with E-state index in [-0.39, 0.29) is 6.29 Å². The predicted octanol–water partition coefficient (Wildman–Crippen LogP) is 2.37. The summed E-state index contributed by atoms with van der Waals surface area (Å²) in [7, 11) is 0. The number of ether oxygens (including phenoxy) is 2. The highest BCUT2D eigenvalue weighted by atomic mass is 16.7. The van der Waals surface area contributed by atoms with Crippen molar-refractivity contribution in [1.29, 1.82) is 0 Å². The lowest BCUT2D eigenvalue weighted by molar-refractivity contribution is -0.164. The summed E-state index contributed by atoms with van der Waals surface area (Å²) >= 11 is 0. The van der Waals surface area contributed by atoms with Gasteiger partial charge in [-0.3, -0.25) is 0 Å². The number of rotatable bonds is 11. The minimum Gasteiger partial charge on any atom is -0.353 e. The van der Waals surface area contributed by atoms with Crippen LogP contribution in [0.15, 0.2) is 0 Å². The largest absolute Gasteiger partial charge is 0.353 e. The van der Waals surface area contributed by atoms with Crippen molar-refractivity contribution in [1.82, 2.24) is 4.90 Å². The predicted molar refractivity (Wildman–Crippen MR) is 79.2 cm³/mol. The molecule has 1 heterocycles. The van der Waals surface area contributed by atoms with Gasteiger partial charge in [-0.05, 0) is 51.7 Å². The Labute approximate surface area is 118 Å². The van der Waals surface area contributed by atoms with E-state index in [9.17, 15) is 0 Å². The highest BCUT2D eigenvalue weighted by Gasteiger charge is 2.14. The molecule has 0 aromatic rings. The molecule has 1 rings (SSSR count). The Balaban J connectivity index is 1.97. The second-order valence-electron chi connectivity index (χ2n) is 5.30. The van der Waals surface area contributed by atoms with Gasteiger partial charge >= 0.3 is 0 Å². The Morgan fingerprint density at radius 1 is 1.16 bits per heavy atom. The summed E-state index contributed by atoms with van der Waals surface area (Å²) in [6.45, 7) is 8.00. The summed E-state index contributed by atoms with van der Waals surface area (Å²) in [6.07, 6.45) is 8.53. The zero-order chi connectivity index (χ0) is 13.8. The molecule has 1 atom stereocenters. The van der Waals surface area contributed by atoms with Crippen molar-refractivity contribution in [2.75, 3.05) is 39.4 Å². The first-order chi connectivity index (χ1) is 9.36. The molecular weight excluding hydrogens is 240 g/mol. The lowest BCUT2D eigenvalue weighted by Gasteiger charge is -2.25. The molecule has 0 radical (unpaired) electrons. The van der Waals surface area contributed by atoms with E-state index in [1.807, 2.05) is 0 Å². The highest BCUT2D eigenvalue weighted by molar-refractivity contribution is 4.58. The molecule has 4 heteroatoms. The normalized spacial score (nSPS) is 20.1. The smallest absolute Gasteiger partial charge is 0.157 e. The molecule has 19 heavy (non-hydrogen) atoms. The Hall–Kier alpha value is -0.160. The van der Waals surface area contributed by atoms with Crippen LogP contribution in [0.3, 0.4) is 0 Å². The van der Waals surface area contributed by atoms with Crippen LogP contribution in [0, 0.1) is 0 Å². The highest BCUT2D eigenvalue weighted by Crippen LogP contribution is 2.13. The fourth-order valence-corrected chi connectivity index (χ4v) is 2.42. The molecule has 1 fully saturated rings. The maximum absolute atomic E-state index is 5.78. The molecule has 1 unspecified atom stereocenters. The second-order valence-corrected chi connectivity index (χ2v) is 5.30. The monoisotopic (exact) mass is 272 g/mol. The molecule has 0 aromatic heterocycles. The van der Waals surface area contributed by atoms with Gasteiger partial charge in [-0.2, -0.15) is 0 Å². The van der Waals surface area contributed by atoms with E-state index in [0.717, 1.165) is 45.7 Å². The van der Waals surface area contributed by atoms with Crippen molar-refractivity contribution in [3.63, 3.8) is 0 Å². The standard InChI is InChI=1S/C15H32N2O2/c1-2-17(11-7-4-3-6-10-16)12-14-19-15-9-5-8-13-18-15/h15H,2-14,16H2,1H3. The molecule has 0 aliphatic carbocycles. The van der Waals surface area contributed by atoms with E-state index in [1.54, 1.807) is 0 Å². The quantitative estimate of drug-likeness (QED) is 0.587. The molecule has 0 bridgehead atoms. The maximum Gasteiger partial charge on any atom is 0.157 e. The lowest BCUT2D eigenvalue weighted by atomic mass is 10.2. The molecule has 1 aliphatic heterocycles. The van der Waals surface area contributed by atoms with Gasteiger partial charge in [-0.25, -0.2) is 0 Å². The number of nitrogens with zero attached hydrogens (tertiary/aromatic N) is 1. The van der Waals surface area contributed by atoms with Gasteiger partial charge in [0.1, 0.15) is 0 Å². The third kappa shape index (κ3) is 8.58. The molecule has 0 amide bonds. The molecule has 2 N–H and O–H groups in total. The maximum atomic E-state index is 5.78. The molecule has 0 saturated carbocycles. The fourth-order valence-electron chi connectivity index (χ4n) is 2.42. The summed E-state index contributed by atoms with van der Waals surface area (Å²) in [5.41, 5.74) is 5.49. The number of hydrogen-bond donors (Lipinski definition) is 1.